The summed E-state index contributed by atoms with van der Waals surface area (Å²) in [5.41, 5.74) is 0.780. The van der Waals surface area contributed by atoms with E-state index in [9.17, 15) is 0 Å². The smallest absolute Gasteiger partial charge is 0.00672 e. The second kappa shape index (κ2) is 3.52. The van der Waals surface area contributed by atoms with Gasteiger partial charge in [0, 0.05) is 12.6 Å². The van der Waals surface area contributed by atoms with Gasteiger partial charge in [-0.3, -0.25) is 0 Å². The van der Waals surface area contributed by atoms with Crippen molar-refractivity contribution in [3.8, 4) is 0 Å². The molecule has 1 heteroatoms. The average Bonchev–Trinajstić information content (AvgIpc) is 2.81. The average molecular weight is 193 g/mol. The summed E-state index contributed by atoms with van der Waals surface area (Å²) in [5, 5.41) is 3.85. The Bertz CT molecular complexity index is 197. The second-order valence-corrected chi connectivity index (χ2v) is 5.85. The van der Waals surface area contributed by atoms with E-state index in [1.807, 2.05) is 0 Å². The summed E-state index contributed by atoms with van der Waals surface area (Å²) in [5.74, 6) is 1.12. The molecule has 14 heavy (non-hydrogen) atoms. The van der Waals surface area contributed by atoms with Crippen LogP contribution in [0.15, 0.2) is 0 Å². The van der Waals surface area contributed by atoms with Crippen LogP contribution in [0.5, 0.6) is 0 Å². The third-order valence-electron chi connectivity index (χ3n) is 4.89. The van der Waals surface area contributed by atoms with E-state index >= 15 is 0 Å². The molecule has 3 aliphatic rings. The lowest BCUT2D eigenvalue weighted by Crippen LogP contribution is -2.44. The van der Waals surface area contributed by atoms with Crippen LogP contribution < -0.4 is 5.32 Å². The predicted octanol–water partition coefficient (Wildman–Crippen LogP) is 3.10. The Hall–Kier alpha value is -0.0400. The fraction of sp³-hybridized carbons (Fsp3) is 1.00. The summed E-state index contributed by atoms with van der Waals surface area (Å²) < 4.78 is 0. The van der Waals surface area contributed by atoms with Gasteiger partial charge < -0.3 is 5.32 Å². The van der Waals surface area contributed by atoms with Crippen molar-refractivity contribution in [3.63, 3.8) is 0 Å². The van der Waals surface area contributed by atoms with E-state index in [-0.39, 0.29) is 0 Å². The van der Waals surface area contributed by atoms with Gasteiger partial charge in [0.25, 0.3) is 0 Å². The number of nitrogens with one attached hydrogen (secondary N) is 1. The zero-order valence-corrected chi connectivity index (χ0v) is 9.23. The van der Waals surface area contributed by atoms with Crippen molar-refractivity contribution in [2.45, 2.75) is 63.8 Å². The van der Waals surface area contributed by atoms with Crippen LogP contribution in [-0.2, 0) is 0 Å². The summed E-state index contributed by atoms with van der Waals surface area (Å²) in [6, 6.07) is 0.881. The van der Waals surface area contributed by atoms with Crippen molar-refractivity contribution in [2.75, 3.05) is 6.54 Å². The molecule has 0 bridgehead atoms. The van der Waals surface area contributed by atoms with Gasteiger partial charge in [0.15, 0.2) is 0 Å². The topological polar surface area (TPSA) is 12.0 Å². The molecule has 3 aliphatic carbocycles. The maximum Gasteiger partial charge on any atom is 0.00672 e. The van der Waals surface area contributed by atoms with Crippen LogP contribution in [-0.4, -0.2) is 12.6 Å². The Morgan fingerprint density at radius 3 is 2.14 bits per heavy atom. The quantitative estimate of drug-likeness (QED) is 0.723. The van der Waals surface area contributed by atoms with Crippen LogP contribution in [0.4, 0.5) is 0 Å². The largest absolute Gasteiger partial charge is 0.313 e. The van der Waals surface area contributed by atoms with Gasteiger partial charge in [-0.05, 0) is 49.9 Å². The Labute approximate surface area is 87.7 Å². The summed E-state index contributed by atoms with van der Waals surface area (Å²) in [4.78, 5) is 0. The molecule has 0 saturated heterocycles. The number of hydrogen-bond donors (Lipinski definition) is 1. The van der Waals surface area contributed by atoms with Crippen LogP contribution in [0.25, 0.3) is 0 Å². The molecule has 0 heterocycles. The molecule has 0 atom stereocenters. The van der Waals surface area contributed by atoms with Gasteiger partial charge >= 0.3 is 0 Å². The molecule has 0 spiro atoms. The predicted molar refractivity (Wildman–Crippen MR) is 59.3 cm³/mol. The molecule has 1 nitrogen and oxygen atoms in total. The van der Waals surface area contributed by atoms with Crippen molar-refractivity contribution in [1.29, 1.82) is 0 Å². The van der Waals surface area contributed by atoms with Crippen molar-refractivity contribution in [2.24, 2.45) is 11.3 Å². The normalized spacial score (nSPS) is 31.7. The van der Waals surface area contributed by atoms with Gasteiger partial charge in [0.1, 0.15) is 0 Å². The molecule has 0 aliphatic heterocycles. The minimum absolute atomic E-state index is 0.780. The first-order valence-electron chi connectivity index (χ1n) is 6.62. The lowest BCUT2D eigenvalue weighted by molar-refractivity contribution is 0.0948. The van der Waals surface area contributed by atoms with Gasteiger partial charge in [-0.2, -0.15) is 0 Å². The molecule has 0 aromatic heterocycles. The maximum atomic E-state index is 3.85. The third kappa shape index (κ3) is 1.60. The highest BCUT2D eigenvalue weighted by molar-refractivity contribution is 5.01. The van der Waals surface area contributed by atoms with Gasteiger partial charge in [-0.1, -0.05) is 19.3 Å². The molecule has 0 aromatic rings. The van der Waals surface area contributed by atoms with Gasteiger partial charge in [-0.25, -0.2) is 0 Å². The van der Waals surface area contributed by atoms with E-state index in [0.29, 0.717) is 0 Å². The second-order valence-electron chi connectivity index (χ2n) is 5.85. The molecular weight excluding hydrogens is 170 g/mol. The third-order valence-corrected chi connectivity index (χ3v) is 4.89. The molecule has 0 unspecified atom stereocenters. The van der Waals surface area contributed by atoms with E-state index in [4.69, 9.17) is 0 Å². The SMILES string of the molecule is C1CCC(NCC2(C3CC3)CCC2)C1. The highest BCUT2D eigenvalue weighted by Crippen LogP contribution is 2.56. The van der Waals surface area contributed by atoms with Crippen molar-refractivity contribution in [3.05, 3.63) is 0 Å². The first-order valence-corrected chi connectivity index (χ1v) is 6.62. The Morgan fingerprint density at radius 2 is 1.64 bits per heavy atom. The zero-order valence-electron chi connectivity index (χ0n) is 9.23. The molecule has 0 amide bonds. The first-order chi connectivity index (χ1) is 6.89. The molecular formula is C13H23N. The molecule has 3 saturated carbocycles. The van der Waals surface area contributed by atoms with Crippen molar-refractivity contribution in [1.82, 2.24) is 5.32 Å². The summed E-state index contributed by atoms with van der Waals surface area (Å²) in [6.07, 6.45) is 13.4. The lowest BCUT2D eigenvalue weighted by atomic mass is 9.65. The van der Waals surface area contributed by atoms with E-state index in [1.165, 1.54) is 64.3 Å². The maximum absolute atomic E-state index is 3.85. The van der Waals surface area contributed by atoms with E-state index < -0.39 is 0 Å². The van der Waals surface area contributed by atoms with Gasteiger partial charge in [0.2, 0.25) is 0 Å². The fourth-order valence-electron chi connectivity index (χ4n) is 3.53. The van der Waals surface area contributed by atoms with Gasteiger partial charge in [-0.15, -0.1) is 0 Å². The lowest BCUT2D eigenvalue weighted by Gasteiger charge is -2.43. The first kappa shape index (κ1) is 9.21. The summed E-state index contributed by atoms with van der Waals surface area (Å²) >= 11 is 0. The Morgan fingerprint density at radius 1 is 0.929 bits per heavy atom. The molecule has 1 N–H and O–H groups in total. The summed E-state index contributed by atoms with van der Waals surface area (Å²) in [7, 11) is 0. The van der Waals surface area contributed by atoms with Crippen molar-refractivity contribution >= 4 is 0 Å². The molecule has 3 rings (SSSR count). The van der Waals surface area contributed by atoms with Crippen molar-refractivity contribution < 1.29 is 0 Å². The Kier molecular flexibility index (Phi) is 2.31. The minimum Gasteiger partial charge on any atom is -0.313 e. The number of rotatable bonds is 4. The molecule has 80 valence electrons. The zero-order chi connectivity index (χ0) is 9.43. The van der Waals surface area contributed by atoms with Crippen LogP contribution in [0.3, 0.4) is 0 Å². The molecule has 0 radical (unpaired) electrons. The van der Waals surface area contributed by atoms with E-state index in [0.717, 1.165) is 17.4 Å². The van der Waals surface area contributed by atoms with Crippen LogP contribution in [0.1, 0.15) is 57.8 Å². The summed E-state index contributed by atoms with van der Waals surface area (Å²) in [6.45, 7) is 1.35. The highest BCUT2D eigenvalue weighted by Gasteiger charge is 2.48. The van der Waals surface area contributed by atoms with Crippen LogP contribution in [0, 0.1) is 11.3 Å². The number of hydrogen-bond acceptors (Lipinski definition) is 1. The molecule has 3 fully saturated rings. The van der Waals surface area contributed by atoms with Crippen LogP contribution in [0.2, 0.25) is 0 Å². The minimum atomic E-state index is 0.780. The molecule has 0 aromatic carbocycles. The van der Waals surface area contributed by atoms with Crippen LogP contribution >= 0.6 is 0 Å². The highest BCUT2D eigenvalue weighted by atomic mass is 14.9. The fourth-order valence-corrected chi connectivity index (χ4v) is 3.53. The van der Waals surface area contributed by atoms with E-state index in [1.54, 1.807) is 0 Å². The monoisotopic (exact) mass is 193 g/mol. The van der Waals surface area contributed by atoms with Gasteiger partial charge in [0.05, 0.1) is 0 Å². The van der Waals surface area contributed by atoms with E-state index in [2.05, 4.69) is 5.32 Å². The Balaban J connectivity index is 1.49. The standard InChI is InChI=1S/C13H23N/c1-2-5-12(4-1)14-10-13(8-3-9-13)11-6-7-11/h11-12,14H,1-10H2.